The predicted molar refractivity (Wildman–Crippen MR) is 71.5 cm³/mol. The molecule has 0 spiro atoms. The quantitative estimate of drug-likeness (QED) is 0.854. The third-order valence-electron chi connectivity index (χ3n) is 2.64. The van der Waals surface area contributed by atoms with Crippen molar-refractivity contribution in [2.24, 2.45) is 5.73 Å². The van der Waals surface area contributed by atoms with E-state index in [0.717, 1.165) is 0 Å². The molecule has 0 saturated heterocycles. The number of nitrogens with two attached hydrogens (primary N) is 1. The Hall–Kier alpha value is -2.62. The van der Waals surface area contributed by atoms with Gasteiger partial charge in [0.05, 0.1) is 11.1 Å². The van der Waals surface area contributed by atoms with Gasteiger partial charge >= 0.3 is 0 Å². The van der Waals surface area contributed by atoms with Crippen LogP contribution in [-0.2, 0) is 0 Å². The molecule has 0 fully saturated rings. The van der Waals surface area contributed by atoms with E-state index in [4.69, 9.17) is 10.5 Å². The minimum absolute atomic E-state index is 0.104. The van der Waals surface area contributed by atoms with Crippen molar-refractivity contribution in [2.45, 2.75) is 6.92 Å². The summed E-state index contributed by atoms with van der Waals surface area (Å²) in [5.41, 5.74) is 6.02. The zero-order valence-corrected chi connectivity index (χ0v) is 10.4. The zero-order valence-electron chi connectivity index (χ0n) is 10.4. The number of rotatable bonds is 4. The van der Waals surface area contributed by atoms with Crippen LogP contribution in [0, 0.1) is 0 Å². The van der Waals surface area contributed by atoms with Crippen molar-refractivity contribution < 1.29 is 14.3 Å². The Morgan fingerprint density at radius 3 is 1.89 bits per heavy atom. The molecular formula is C15H13NO3. The Balaban J connectivity index is 2.42. The molecule has 0 aliphatic heterocycles. The average molecular weight is 255 g/mol. The molecule has 2 rings (SSSR count). The molecule has 0 aliphatic carbocycles. The monoisotopic (exact) mass is 255 g/mol. The number of carbonyl (C=O) groups excluding carboxylic acids is 2. The first kappa shape index (κ1) is 12.8. The lowest BCUT2D eigenvalue weighted by atomic mass is 10.1. The molecule has 2 aromatic carbocycles. The third-order valence-corrected chi connectivity index (χ3v) is 2.64. The van der Waals surface area contributed by atoms with Gasteiger partial charge < -0.3 is 10.5 Å². The fourth-order valence-electron chi connectivity index (χ4n) is 1.72. The molecule has 0 atom stereocenters. The molecule has 0 aromatic heterocycles. The summed E-state index contributed by atoms with van der Waals surface area (Å²) in [6.07, 6.45) is 0. The molecule has 96 valence electrons. The molecule has 0 bridgehead atoms. The van der Waals surface area contributed by atoms with Crippen molar-refractivity contribution in [2.75, 3.05) is 0 Å². The molecule has 0 heterocycles. The Morgan fingerprint density at radius 1 is 0.895 bits per heavy atom. The maximum atomic E-state index is 11.5. The van der Waals surface area contributed by atoms with Crippen molar-refractivity contribution in [3.05, 3.63) is 59.7 Å². The smallest absolute Gasteiger partial charge is 0.252 e. The fraction of sp³-hybridized carbons (Fsp3) is 0.0667. The highest BCUT2D eigenvalue weighted by Gasteiger charge is 2.12. The summed E-state index contributed by atoms with van der Waals surface area (Å²) in [7, 11) is 0. The summed E-state index contributed by atoms with van der Waals surface area (Å²) in [4.78, 5) is 22.8. The van der Waals surface area contributed by atoms with Crippen LogP contribution in [0.1, 0.15) is 27.6 Å². The van der Waals surface area contributed by atoms with Crippen LogP contribution in [0.3, 0.4) is 0 Å². The van der Waals surface area contributed by atoms with Gasteiger partial charge in [-0.05, 0) is 31.2 Å². The number of hydrogen-bond acceptors (Lipinski definition) is 3. The van der Waals surface area contributed by atoms with Crippen molar-refractivity contribution in [3.63, 3.8) is 0 Å². The lowest BCUT2D eigenvalue weighted by molar-refractivity contribution is 0.0996. The van der Waals surface area contributed by atoms with E-state index in [9.17, 15) is 9.59 Å². The maximum absolute atomic E-state index is 11.5. The lowest BCUT2D eigenvalue weighted by Crippen LogP contribution is -2.12. The van der Waals surface area contributed by atoms with Crippen LogP contribution in [0.5, 0.6) is 11.5 Å². The minimum atomic E-state index is -0.573. The lowest BCUT2D eigenvalue weighted by Gasteiger charge is -2.11. The largest absolute Gasteiger partial charge is 0.456 e. The molecule has 0 unspecified atom stereocenters. The van der Waals surface area contributed by atoms with Gasteiger partial charge in [0, 0.05) is 0 Å². The van der Waals surface area contributed by atoms with Gasteiger partial charge in [-0.3, -0.25) is 9.59 Å². The first-order valence-electron chi connectivity index (χ1n) is 5.76. The van der Waals surface area contributed by atoms with E-state index < -0.39 is 5.91 Å². The SMILES string of the molecule is CC(=O)c1ccccc1Oc1ccccc1C(N)=O. The normalized spacial score (nSPS) is 9.95. The van der Waals surface area contributed by atoms with E-state index in [1.54, 1.807) is 48.5 Å². The van der Waals surface area contributed by atoms with E-state index >= 15 is 0 Å². The highest BCUT2D eigenvalue weighted by Crippen LogP contribution is 2.28. The molecule has 0 aliphatic rings. The summed E-state index contributed by atoms with van der Waals surface area (Å²) in [5.74, 6) is 0.0652. The summed E-state index contributed by atoms with van der Waals surface area (Å²) in [5, 5.41) is 0. The molecule has 0 saturated carbocycles. The Labute approximate surface area is 110 Å². The Morgan fingerprint density at radius 2 is 1.37 bits per heavy atom. The van der Waals surface area contributed by atoms with Gasteiger partial charge in [-0.25, -0.2) is 0 Å². The van der Waals surface area contributed by atoms with Gasteiger partial charge in [-0.1, -0.05) is 24.3 Å². The number of carbonyl (C=O) groups is 2. The number of ether oxygens (including phenoxy) is 1. The molecule has 1 amide bonds. The number of hydrogen-bond donors (Lipinski definition) is 1. The van der Waals surface area contributed by atoms with E-state index in [2.05, 4.69) is 0 Å². The fourth-order valence-corrected chi connectivity index (χ4v) is 1.72. The van der Waals surface area contributed by atoms with Crippen molar-refractivity contribution in [1.82, 2.24) is 0 Å². The third kappa shape index (κ3) is 2.80. The summed E-state index contributed by atoms with van der Waals surface area (Å²) < 4.78 is 5.64. The second kappa shape index (κ2) is 5.35. The van der Waals surface area contributed by atoms with Gasteiger partial charge in [0.2, 0.25) is 0 Å². The summed E-state index contributed by atoms with van der Waals surface area (Å²) in [6, 6.07) is 13.5. The van der Waals surface area contributed by atoms with Crippen LogP contribution in [0.25, 0.3) is 0 Å². The number of amides is 1. The van der Waals surface area contributed by atoms with Gasteiger partial charge in [0.15, 0.2) is 5.78 Å². The standard InChI is InChI=1S/C15H13NO3/c1-10(17)11-6-2-4-8-13(11)19-14-9-5-3-7-12(14)15(16)18/h2-9H,1H3,(H2,16,18). The molecule has 2 aromatic rings. The van der Waals surface area contributed by atoms with Crippen LogP contribution in [0.4, 0.5) is 0 Å². The zero-order chi connectivity index (χ0) is 13.8. The maximum Gasteiger partial charge on any atom is 0.252 e. The van der Waals surface area contributed by atoms with Crippen molar-refractivity contribution in [3.8, 4) is 11.5 Å². The summed E-state index contributed by atoms with van der Waals surface area (Å²) >= 11 is 0. The number of benzene rings is 2. The molecule has 4 heteroatoms. The van der Waals surface area contributed by atoms with Gasteiger partial charge in [-0.2, -0.15) is 0 Å². The number of Topliss-reactive ketones (excluding diaryl/α,β-unsaturated/α-hetero) is 1. The van der Waals surface area contributed by atoms with Crippen molar-refractivity contribution >= 4 is 11.7 Å². The molecule has 19 heavy (non-hydrogen) atoms. The van der Waals surface area contributed by atoms with E-state index in [1.165, 1.54) is 6.92 Å². The van der Waals surface area contributed by atoms with E-state index in [0.29, 0.717) is 17.1 Å². The highest BCUT2D eigenvalue weighted by molar-refractivity contribution is 5.98. The van der Waals surface area contributed by atoms with Gasteiger partial charge in [-0.15, -0.1) is 0 Å². The average Bonchev–Trinajstić information content (AvgIpc) is 2.39. The Bertz CT molecular complexity index is 579. The summed E-state index contributed by atoms with van der Waals surface area (Å²) in [6.45, 7) is 1.46. The van der Waals surface area contributed by atoms with Crippen LogP contribution in [-0.4, -0.2) is 11.7 Å². The minimum Gasteiger partial charge on any atom is -0.456 e. The van der Waals surface area contributed by atoms with Crippen molar-refractivity contribution in [1.29, 1.82) is 0 Å². The Kier molecular flexibility index (Phi) is 3.61. The number of primary amides is 1. The van der Waals surface area contributed by atoms with Gasteiger partial charge in [0.25, 0.3) is 5.91 Å². The number of ketones is 1. The second-order valence-electron chi connectivity index (χ2n) is 4.01. The first-order valence-corrected chi connectivity index (χ1v) is 5.76. The topological polar surface area (TPSA) is 69.4 Å². The van der Waals surface area contributed by atoms with E-state index in [-0.39, 0.29) is 11.3 Å². The van der Waals surface area contributed by atoms with Crippen LogP contribution in [0.15, 0.2) is 48.5 Å². The molecule has 2 N–H and O–H groups in total. The molecule has 0 radical (unpaired) electrons. The number of para-hydroxylation sites is 2. The second-order valence-corrected chi connectivity index (χ2v) is 4.01. The van der Waals surface area contributed by atoms with Gasteiger partial charge in [0.1, 0.15) is 11.5 Å². The van der Waals surface area contributed by atoms with Crippen LogP contribution < -0.4 is 10.5 Å². The van der Waals surface area contributed by atoms with Crippen LogP contribution in [0.2, 0.25) is 0 Å². The first-order chi connectivity index (χ1) is 9.09. The predicted octanol–water partition coefficient (Wildman–Crippen LogP) is 2.78. The molecular weight excluding hydrogens is 242 g/mol. The van der Waals surface area contributed by atoms with Crippen LogP contribution >= 0.6 is 0 Å². The van der Waals surface area contributed by atoms with E-state index in [1.807, 2.05) is 0 Å². The highest BCUT2D eigenvalue weighted by atomic mass is 16.5. The molecule has 4 nitrogen and oxygen atoms in total.